The molecule has 0 aliphatic heterocycles. The predicted octanol–water partition coefficient (Wildman–Crippen LogP) is 5.52. The van der Waals surface area contributed by atoms with Crippen LogP contribution in [0.1, 0.15) is 22.3 Å². The topological polar surface area (TPSA) is 74.2 Å². The number of carbonyl (C=O) groups is 1. The molecule has 1 saturated carbocycles. The zero-order valence-electron chi connectivity index (χ0n) is 23.0. The normalized spacial score (nSPS) is 22.5. The molecule has 1 N–H and O–H groups in total. The summed E-state index contributed by atoms with van der Waals surface area (Å²) in [5.74, 6) is -1.11. The predicted molar refractivity (Wildman–Crippen MR) is 156 cm³/mol. The lowest BCUT2D eigenvalue weighted by molar-refractivity contribution is -0.218. The van der Waals surface area contributed by atoms with E-state index >= 15 is 0 Å². The third-order valence-corrected chi connectivity index (χ3v) is 7.28. The molecule has 0 unspecified atom stereocenters. The van der Waals surface area contributed by atoms with E-state index in [0.29, 0.717) is 6.61 Å². The Hall–Kier alpha value is -3.65. The summed E-state index contributed by atoms with van der Waals surface area (Å²) >= 11 is 0. The highest BCUT2D eigenvalue weighted by molar-refractivity contribution is 5.87. The van der Waals surface area contributed by atoms with Crippen LogP contribution in [0.3, 0.4) is 0 Å². The van der Waals surface area contributed by atoms with Crippen molar-refractivity contribution in [1.29, 1.82) is 0 Å². The summed E-state index contributed by atoms with van der Waals surface area (Å²) in [6, 6.07) is 39.1. The molecule has 6 nitrogen and oxygen atoms in total. The molecule has 5 atom stereocenters. The van der Waals surface area contributed by atoms with Crippen molar-refractivity contribution in [1.82, 2.24) is 0 Å². The molecule has 1 fully saturated rings. The van der Waals surface area contributed by atoms with Gasteiger partial charge in [-0.15, -0.1) is 0 Å². The molecule has 1 aliphatic carbocycles. The molecule has 212 valence electrons. The third kappa shape index (κ3) is 7.97. The molecule has 0 spiro atoms. The molecule has 0 amide bonds. The number of hydrogen-bond donors (Lipinski definition) is 1. The van der Waals surface area contributed by atoms with Gasteiger partial charge in [0.05, 0.1) is 45.1 Å². The van der Waals surface area contributed by atoms with E-state index in [9.17, 15) is 9.90 Å². The highest BCUT2D eigenvalue weighted by atomic mass is 16.6. The van der Waals surface area contributed by atoms with Crippen LogP contribution in [-0.2, 0) is 50.2 Å². The lowest BCUT2D eigenvalue weighted by Crippen LogP contribution is -2.62. The van der Waals surface area contributed by atoms with Crippen molar-refractivity contribution in [2.75, 3.05) is 6.61 Å². The van der Waals surface area contributed by atoms with Gasteiger partial charge in [0.2, 0.25) is 0 Å². The van der Waals surface area contributed by atoms with E-state index < -0.39 is 30.3 Å². The molecular formula is C35H36O6. The number of ketones is 1. The molecule has 5 rings (SSSR count). The van der Waals surface area contributed by atoms with Crippen LogP contribution in [0.2, 0.25) is 0 Å². The second kappa shape index (κ2) is 14.8. The second-order valence-corrected chi connectivity index (χ2v) is 10.2. The molecule has 6 heteroatoms. The minimum absolute atomic E-state index is 0.0842. The Labute approximate surface area is 241 Å². The fourth-order valence-electron chi connectivity index (χ4n) is 5.08. The van der Waals surface area contributed by atoms with Crippen LogP contribution in [0.25, 0.3) is 0 Å². The number of benzene rings is 4. The smallest absolute Gasteiger partial charge is 0.172 e. The summed E-state index contributed by atoms with van der Waals surface area (Å²) in [5, 5.41) is 11.3. The first-order chi connectivity index (χ1) is 20.2. The van der Waals surface area contributed by atoms with Crippen LogP contribution in [0, 0.1) is 5.92 Å². The molecule has 1 aliphatic rings. The highest BCUT2D eigenvalue weighted by Crippen LogP contribution is 2.32. The van der Waals surface area contributed by atoms with Crippen molar-refractivity contribution in [3.05, 3.63) is 144 Å². The first-order valence-corrected chi connectivity index (χ1v) is 14.0. The van der Waals surface area contributed by atoms with Crippen molar-refractivity contribution in [3.63, 3.8) is 0 Å². The molecule has 0 saturated heterocycles. The van der Waals surface area contributed by atoms with E-state index in [0.717, 1.165) is 22.3 Å². The van der Waals surface area contributed by atoms with Crippen LogP contribution < -0.4 is 0 Å². The van der Waals surface area contributed by atoms with Crippen LogP contribution >= 0.6 is 0 Å². The Kier molecular flexibility index (Phi) is 10.4. The van der Waals surface area contributed by atoms with E-state index in [1.54, 1.807) is 0 Å². The maximum absolute atomic E-state index is 13.7. The van der Waals surface area contributed by atoms with Gasteiger partial charge < -0.3 is 24.1 Å². The Morgan fingerprint density at radius 3 is 1.29 bits per heavy atom. The Morgan fingerprint density at radius 2 is 0.854 bits per heavy atom. The maximum Gasteiger partial charge on any atom is 0.172 e. The van der Waals surface area contributed by atoms with Gasteiger partial charge in [0.1, 0.15) is 18.3 Å². The zero-order chi connectivity index (χ0) is 28.3. The molecule has 0 heterocycles. The maximum atomic E-state index is 13.7. The molecule has 41 heavy (non-hydrogen) atoms. The van der Waals surface area contributed by atoms with Crippen LogP contribution in [0.15, 0.2) is 121 Å². The zero-order valence-corrected chi connectivity index (χ0v) is 23.0. The SMILES string of the molecule is O=C1[C@@H](O)[C@H](OCc2ccccc2)[C@@H](OCc2ccccc2)[C@H](OCc2ccccc2)[C@H]1COCc1ccccc1. The fraction of sp³-hybridized carbons (Fsp3) is 0.286. The summed E-state index contributed by atoms with van der Waals surface area (Å²) < 4.78 is 25.2. The minimum Gasteiger partial charge on any atom is -0.382 e. The average molecular weight is 553 g/mol. The summed E-state index contributed by atoms with van der Waals surface area (Å²) in [6.07, 6.45) is -3.73. The van der Waals surface area contributed by atoms with E-state index in [4.69, 9.17) is 18.9 Å². The second-order valence-electron chi connectivity index (χ2n) is 10.2. The van der Waals surface area contributed by atoms with Crippen molar-refractivity contribution >= 4 is 5.78 Å². The Bertz CT molecular complexity index is 1320. The minimum atomic E-state index is -1.39. The van der Waals surface area contributed by atoms with Gasteiger partial charge in [0, 0.05) is 0 Å². The number of ether oxygens (including phenoxy) is 4. The third-order valence-electron chi connectivity index (χ3n) is 7.28. The number of aliphatic hydroxyl groups is 1. The van der Waals surface area contributed by atoms with Crippen molar-refractivity contribution in [3.8, 4) is 0 Å². The fourth-order valence-corrected chi connectivity index (χ4v) is 5.08. The number of Topliss-reactive ketones (excluding diaryl/α,β-unsaturated/α-hetero) is 1. The standard InChI is InChI=1S/C35H36O6/c36-31-30(25-38-21-26-13-5-1-6-14-26)33(39-22-27-15-7-2-8-16-27)35(41-24-29-19-11-4-12-20-29)34(32(31)37)40-23-28-17-9-3-10-18-28/h1-20,30,32-35,37H,21-25H2/t30-,32+,33+,34-,35-/m0/s1. The molecule has 0 bridgehead atoms. The summed E-state index contributed by atoms with van der Waals surface area (Å²) in [5.41, 5.74) is 3.88. The van der Waals surface area contributed by atoms with Gasteiger partial charge in [0.25, 0.3) is 0 Å². The van der Waals surface area contributed by atoms with Crippen molar-refractivity contribution in [2.45, 2.75) is 50.8 Å². The Morgan fingerprint density at radius 1 is 0.488 bits per heavy atom. The van der Waals surface area contributed by atoms with E-state index in [2.05, 4.69) is 0 Å². The monoisotopic (exact) mass is 552 g/mol. The first kappa shape index (κ1) is 28.9. The number of hydrogen-bond acceptors (Lipinski definition) is 6. The highest BCUT2D eigenvalue weighted by Gasteiger charge is 2.52. The van der Waals surface area contributed by atoms with Crippen molar-refractivity contribution in [2.24, 2.45) is 5.92 Å². The van der Waals surface area contributed by atoms with Crippen LogP contribution in [0.5, 0.6) is 0 Å². The molecule has 4 aromatic carbocycles. The molecular weight excluding hydrogens is 516 g/mol. The summed E-state index contributed by atoms with van der Waals surface area (Å²) in [4.78, 5) is 13.7. The number of rotatable bonds is 13. The van der Waals surface area contributed by atoms with Gasteiger partial charge in [-0.25, -0.2) is 0 Å². The molecule has 4 aromatic rings. The lowest BCUT2D eigenvalue weighted by Gasteiger charge is -2.43. The van der Waals surface area contributed by atoms with Crippen LogP contribution in [0.4, 0.5) is 0 Å². The van der Waals surface area contributed by atoms with Gasteiger partial charge >= 0.3 is 0 Å². The Balaban J connectivity index is 1.40. The average Bonchev–Trinajstić information content (AvgIpc) is 3.03. The van der Waals surface area contributed by atoms with Gasteiger partial charge in [-0.2, -0.15) is 0 Å². The number of aliphatic hydroxyl groups excluding tert-OH is 1. The van der Waals surface area contributed by atoms with Gasteiger partial charge in [-0.05, 0) is 22.3 Å². The largest absolute Gasteiger partial charge is 0.382 e. The van der Waals surface area contributed by atoms with Gasteiger partial charge in [-0.1, -0.05) is 121 Å². The van der Waals surface area contributed by atoms with Crippen molar-refractivity contribution < 1.29 is 28.8 Å². The van der Waals surface area contributed by atoms with Gasteiger partial charge in [-0.3, -0.25) is 4.79 Å². The first-order valence-electron chi connectivity index (χ1n) is 14.0. The van der Waals surface area contributed by atoms with E-state index in [1.165, 1.54) is 0 Å². The summed E-state index contributed by atoms with van der Waals surface area (Å²) in [6.45, 7) is 1.21. The quantitative estimate of drug-likeness (QED) is 0.236. The van der Waals surface area contributed by atoms with E-state index in [1.807, 2.05) is 121 Å². The number of carbonyl (C=O) groups excluding carboxylic acids is 1. The van der Waals surface area contributed by atoms with Gasteiger partial charge in [0.15, 0.2) is 5.78 Å². The lowest BCUT2D eigenvalue weighted by atomic mass is 9.79. The molecule has 0 radical (unpaired) electrons. The summed E-state index contributed by atoms with van der Waals surface area (Å²) in [7, 11) is 0. The molecule has 0 aromatic heterocycles. The van der Waals surface area contributed by atoms with Crippen LogP contribution in [-0.4, -0.2) is 41.9 Å². The van der Waals surface area contributed by atoms with E-state index in [-0.39, 0.29) is 32.2 Å².